The highest BCUT2D eigenvalue weighted by molar-refractivity contribution is 6.12. The Morgan fingerprint density at radius 1 is 0.926 bits per heavy atom. The van der Waals surface area contributed by atoms with E-state index in [-0.39, 0.29) is 11.9 Å². The van der Waals surface area contributed by atoms with Gasteiger partial charge in [0, 0.05) is 12.7 Å². The molecule has 1 atom stereocenters. The largest absolute Gasteiger partial charge is 0.480 e. The number of benzene rings is 2. The molecule has 0 aromatic heterocycles. The van der Waals surface area contributed by atoms with Crippen molar-refractivity contribution in [2.24, 2.45) is 0 Å². The first-order valence-electron chi connectivity index (χ1n) is 10.1. The van der Waals surface area contributed by atoms with Gasteiger partial charge in [0.2, 0.25) is 0 Å². The van der Waals surface area contributed by atoms with Gasteiger partial charge in [-0.25, -0.2) is 0 Å². The Morgan fingerprint density at radius 3 is 2.44 bits per heavy atom. The summed E-state index contributed by atoms with van der Waals surface area (Å²) in [5.41, 5.74) is 2.30. The van der Waals surface area contributed by atoms with Crippen LogP contribution in [0.3, 0.4) is 0 Å². The summed E-state index contributed by atoms with van der Waals surface area (Å²) in [6, 6.07) is 17.4. The third-order valence-corrected chi connectivity index (χ3v) is 4.96. The summed E-state index contributed by atoms with van der Waals surface area (Å²) in [7, 11) is 0. The molecule has 142 valence electrons. The third-order valence-electron chi connectivity index (χ3n) is 4.96. The molecule has 3 nitrogen and oxygen atoms in total. The van der Waals surface area contributed by atoms with E-state index in [1.54, 1.807) is 0 Å². The van der Waals surface area contributed by atoms with E-state index in [9.17, 15) is 4.79 Å². The molecule has 1 N–H and O–H groups in total. The van der Waals surface area contributed by atoms with E-state index in [2.05, 4.69) is 12.2 Å². The highest BCUT2D eigenvalue weighted by atomic mass is 16.5. The molecule has 0 radical (unpaired) electrons. The van der Waals surface area contributed by atoms with Gasteiger partial charge in [0.15, 0.2) is 11.9 Å². The van der Waals surface area contributed by atoms with Gasteiger partial charge in [-0.05, 0) is 24.1 Å². The van der Waals surface area contributed by atoms with Crippen molar-refractivity contribution in [3.05, 3.63) is 77.5 Å². The minimum atomic E-state index is -0.370. The highest BCUT2D eigenvalue weighted by Gasteiger charge is 2.32. The molecule has 0 aliphatic carbocycles. The lowest BCUT2D eigenvalue weighted by Crippen LogP contribution is -2.25. The fourth-order valence-electron chi connectivity index (χ4n) is 3.43. The van der Waals surface area contributed by atoms with Gasteiger partial charge in [-0.2, -0.15) is 0 Å². The van der Waals surface area contributed by atoms with E-state index in [0.717, 1.165) is 18.5 Å². The SMILES string of the molecule is CCCCCCCCN/C=C1\C(=O)c2ccccc2OC1c1ccccc1. The van der Waals surface area contributed by atoms with Crippen LogP contribution in [-0.2, 0) is 0 Å². The molecule has 0 bridgehead atoms. The monoisotopic (exact) mass is 363 g/mol. The molecule has 1 unspecified atom stereocenters. The minimum Gasteiger partial charge on any atom is -0.480 e. The van der Waals surface area contributed by atoms with Crippen molar-refractivity contribution in [2.75, 3.05) is 6.54 Å². The number of carbonyl (C=O) groups excluding carboxylic acids is 1. The zero-order valence-corrected chi connectivity index (χ0v) is 16.1. The van der Waals surface area contributed by atoms with Crippen LogP contribution in [0.15, 0.2) is 66.4 Å². The zero-order chi connectivity index (χ0) is 18.9. The number of ether oxygens (including phenoxy) is 1. The molecule has 3 heteroatoms. The van der Waals surface area contributed by atoms with Crippen molar-refractivity contribution >= 4 is 5.78 Å². The Balaban J connectivity index is 1.69. The van der Waals surface area contributed by atoms with Crippen LogP contribution in [0.25, 0.3) is 0 Å². The maximum Gasteiger partial charge on any atom is 0.198 e. The van der Waals surface area contributed by atoms with Crippen molar-refractivity contribution in [1.82, 2.24) is 5.32 Å². The van der Waals surface area contributed by atoms with Crippen LogP contribution in [0, 0.1) is 0 Å². The number of Topliss-reactive ketones (excluding diaryl/α,β-unsaturated/α-hetero) is 1. The number of fused-ring (bicyclic) bond motifs is 1. The lowest BCUT2D eigenvalue weighted by molar-refractivity contribution is 0.0959. The van der Waals surface area contributed by atoms with Gasteiger partial charge in [0.1, 0.15) is 5.75 Å². The summed E-state index contributed by atoms with van der Waals surface area (Å²) in [6.07, 6.45) is 9.04. The van der Waals surface area contributed by atoms with Gasteiger partial charge in [-0.1, -0.05) is 81.5 Å². The molecule has 3 rings (SSSR count). The number of para-hydroxylation sites is 1. The van der Waals surface area contributed by atoms with Crippen LogP contribution in [0.1, 0.15) is 67.5 Å². The summed E-state index contributed by atoms with van der Waals surface area (Å²) in [6.45, 7) is 3.12. The smallest absolute Gasteiger partial charge is 0.198 e. The minimum absolute atomic E-state index is 0.0427. The van der Waals surface area contributed by atoms with Crippen molar-refractivity contribution in [2.45, 2.75) is 51.6 Å². The highest BCUT2D eigenvalue weighted by Crippen LogP contribution is 2.37. The molecule has 27 heavy (non-hydrogen) atoms. The molecule has 1 aliphatic rings. The first-order valence-corrected chi connectivity index (χ1v) is 10.1. The molecule has 0 saturated heterocycles. The van der Waals surface area contributed by atoms with Crippen molar-refractivity contribution in [1.29, 1.82) is 0 Å². The van der Waals surface area contributed by atoms with Crippen LogP contribution >= 0.6 is 0 Å². The summed E-state index contributed by atoms with van der Waals surface area (Å²) in [5, 5.41) is 3.34. The Hall–Kier alpha value is -2.55. The lowest BCUT2D eigenvalue weighted by Gasteiger charge is -2.28. The van der Waals surface area contributed by atoms with Crippen molar-refractivity contribution in [3.8, 4) is 5.75 Å². The second-order valence-corrected chi connectivity index (χ2v) is 7.06. The van der Waals surface area contributed by atoms with Crippen LogP contribution in [0.4, 0.5) is 0 Å². The summed E-state index contributed by atoms with van der Waals surface area (Å²) >= 11 is 0. The summed E-state index contributed by atoms with van der Waals surface area (Å²) in [4.78, 5) is 13.1. The van der Waals surface area contributed by atoms with E-state index in [1.165, 1.54) is 32.1 Å². The average molecular weight is 364 g/mol. The molecule has 1 aliphatic heterocycles. The molecule has 0 saturated carbocycles. The van der Waals surface area contributed by atoms with E-state index in [1.807, 2.05) is 60.8 Å². The number of hydrogen-bond acceptors (Lipinski definition) is 3. The number of unbranched alkanes of at least 4 members (excludes halogenated alkanes) is 5. The summed E-state index contributed by atoms with van der Waals surface area (Å²) < 4.78 is 6.19. The Labute approximate surface area is 162 Å². The maximum absolute atomic E-state index is 13.1. The van der Waals surface area contributed by atoms with Crippen LogP contribution in [-0.4, -0.2) is 12.3 Å². The van der Waals surface area contributed by atoms with E-state index < -0.39 is 0 Å². The van der Waals surface area contributed by atoms with Gasteiger partial charge in [-0.3, -0.25) is 4.79 Å². The molecule has 1 heterocycles. The van der Waals surface area contributed by atoms with Crippen molar-refractivity contribution in [3.63, 3.8) is 0 Å². The van der Waals surface area contributed by atoms with E-state index in [0.29, 0.717) is 16.9 Å². The topological polar surface area (TPSA) is 38.3 Å². The fourth-order valence-corrected chi connectivity index (χ4v) is 3.43. The number of rotatable bonds is 9. The van der Waals surface area contributed by atoms with Crippen molar-refractivity contribution < 1.29 is 9.53 Å². The van der Waals surface area contributed by atoms with E-state index in [4.69, 9.17) is 4.74 Å². The van der Waals surface area contributed by atoms with Gasteiger partial charge in [-0.15, -0.1) is 0 Å². The Kier molecular flexibility index (Phi) is 7.09. The Bertz CT molecular complexity index is 767. The molecule has 2 aromatic rings. The van der Waals surface area contributed by atoms with Crippen LogP contribution in [0.2, 0.25) is 0 Å². The maximum atomic E-state index is 13.1. The van der Waals surface area contributed by atoms with Crippen LogP contribution < -0.4 is 10.1 Å². The second kappa shape index (κ2) is 9.96. The fraction of sp³-hybridized carbons (Fsp3) is 0.375. The predicted octanol–water partition coefficient (Wildman–Crippen LogP) is 5.84. The molecule has 0 amide bonds. The standard InChI is InChI=1S/C24H29NO2/c1-2-3-4-5-6-12-17-25-18-21-23(26)20-15-10-11-16-22(20)27-24(21)19-13-8-7-9-14-19/h7-11,13-16,18,24-25H,2-6,12,17H2,1H3/b21-18+. The van der Waals surface area contributed by atoms with Gasteiger partial charge < -0.3 is 10.1 Å². The normalized spacial score (nSPS) is 17.4. The number of carbonyl (C=O) groups is 1. The zero-order valence-electron chi connectivity index (χ0n) is 16.1. The van der Waals surface area contributed by atoms with Gasteiger partial charge >= 0.3 is 0 Å². The first-order chi connectivity index (χ1) is 13.3. The number of hydrogen-bond donors (Lipinski definition) is 1. The average Bonchev–Trinajstić information content (AvgIpc) is 2.72. The van der Waals surface area contributed by atoms with Gasteiger partial charge in [0.25, 0.3) is 0 Å². The molecular formula is C24H29NO2. The molecule has 0 spiro atoms. The van der Waals surface area contributed by atoms with Crippen LogP contribution in [0.5, 0.6) is 5.75 Å². The molecule has 2 aromatic carbocycles. The lowest BCUT2D eigenvalue weighted by atomic mass is 9.91. The summed E-state index contributed by atoms with van der Waals surface area (Å²) in [5.74, 6) is 0.700. The predicted molar refractivity (Wildman–Crippen MR) is 110 cm³/mol. The number of ketones is 1. The molecule has 0 fully saturated rings. The molecular weight excluding hydrogens is 334 g/mol. The second-order valence-electron chi connectivity index (χ2n) is 7.06. The van der Waals surface area contributed by atoms with E-state index >= 15 is 0 Å². The quantitative estimate of drug-likeness (QED) is 0.449. The Morgan fingerprint density at radius 2 is 1.63 bits per heavy atom. The van der Waals surface area contributed by atoms with Gasteiger partial charge in [0.05, 0.1) is 11.1 Å². The number of nitrogens with one attached hydrogen (secondary N) is 1. The first kappa shape index (κ1) is 19.2. The third kappa shape index (κ3) is 5.00.